The normalized spacial score (nSPS) is 18.7. The highest BCUT2D eigenvalue weighted by atomic mass is 16.5. The summed E-state index contributed by atoms with van der Waals surface area (Å²) >= 11 is 0. The molecule has 0 bridgehead atoms. The number of carbonyl (C=O) groups is 3. The van der Waals surface area contributed by atoms with E-state index in [1.165, 1.54) is 12.0 Å². The number of hydrogen-bond donors (Lipinski definition) is 1. The van der Waals surface area contributed by atoms with Crippen LogP contribution in [0.5, 0.6) is 5.75 Å². The van der Waals surface area contributed by atoms with E-state index in [0.717, 1.165) is 24.2 Å². The molecule has 0 aromatic heterocycles. The summed E-state index contributed by atoms with van der Waals surface area (Å²) in [6.45, 7) is 5.96. The van der Waals surface area contributed by atoms with Gasteiger partial charge in [0, 0.05) is 31.7 Å². The van der Waals surface area contributed by atoms with Crippen LogP contribution in [0.3, 0.4) is 0 Å². The number of benzene rings is 3. The number of carbonyl (C=O) groups excluding carboxylic acids is 3. The Morgan fingerprint density at radius 3 is 2.31 bits per heavy atom. The van der Waals surface area contributed by atoms with Crippen LogP contribution in [0.2, 0.25) is 0 Å². The van der Waals surface area contributed by atoms with Crippen molar-refractivity contribution in [2.75, 3.05) is 46.5 Å². The third kappa shape index (κ3) is 6.37. The summed E-state index contributed by atoms with van der Waals surface area (Å²) in [4.78, 5) is 42.4. The Bertz CT molecular complexity index is 1470. The van der Waals surface area contributed by atoms with Crippen LogP contribution in [0.15, 0.2) is 78.4 Å². The standard InChI is InChI=1S/C33H34N2O7/c1-22-4-3-5-23(20-22)21-42-27-12-10-25(11-13-27)30(36)28-29(24-6-8-26(9-7-24)33(39)40-2)35(32(38)31(28)37)15-14-34-16-18-41-19-17-34/h3-13,20,29,36H,14-19,21H2,1-2H3/b30-28+. The van der Waals surface area contributed by atoms with Gasteiger partial charge in [-0.2, -0.15) is 0 Å². The highest BCUT2D eigenvalue weighted by Crippen LogP contribution is 2.39. The van der Waals surface area contributed by atoms with Gasteiger partial charge in [0.05, 0.1) is 37.5 Å². The minimum absolute atomic E-state index is 0.00113. The monoisotopic (exact) mass is 570 g/mol. The average Bonchev–Trinajstić information content (AvgIpc) is 3.28. The molecule has 2 aliphatic heterocycles. The number of aliphatic hydroxyl groups excluding tert-OH is 1. The first-order chi connectivity index (χ1) is 20.4. The summed E-state index contributed by atoms with van der Waals surface area (Å²) in [7, 11) is 1.30. The Morgan fingerprint density at radius 1 is 0.952 bits per heavy atom. The second-order valence-corrected chi connectivity index (χ2v) is 10.4. The average molecular weight is 571 g/mol. The molecule has 3 aromatic carbocycles. The third-order valence-electron chi connectivity index (χ3n) is 7.56. The molecule has 1 N–H and O–H groups in total. The molecule has 0 spiro atoms. The molecular weight excluding hydrogens is 536 g/mol. The molecule has 1 unspecified atom stereocenters. The molecule has 42 heavy (non-hydrogen) atoms. The molecule has 0 aliphatic carbocycles. The van der Waals surface area contributed by atoms with E-state index >= 15 is 0 Å². The minimum Gasteiger partial charge on any atom is -0.507 e. The van der Waals surface area contributed by atoms with Gasteiger partial charge in [-0.15, -0.1) is 0 Å². The predicted molar refractivity (Wildman–Crippen MR) is 156 cm³/mol. The van der Waals surface area contributed by atoms with Crippen LogP contribution in [0.1, 0.15) is 38.7 Å². The Kier molecular flexibility index (Phi) is 9.00. The minimum atomic E-state index is -0.824. The summed E-state index contributed by atoms with van der Waals surface area (Å²) in [5.41, 5.74) is 3.52. The number of morpholine rings is 1. The lowest BCUT2D eigenvalue weighted by Crippen LogP contribution is -2.42. The maximum Gasteiger partial charge on any atom is 0.337 e. The van der Waals surface area contributed by atoms with E-state index in [-0.39, 0.29) is 17.9 Å². The smallest absolute Gasteiger partial charge is 0.337 e. The van der Waals surface area contributed by atoms with Crippen molar-refractivity contribution in [3.8, 4) is 5.75 Å². The van der Waals surface area contributed by atoms with Crippen LogP contribution in [0.4, 0.5) is 0 Å². The Hall–Kier alpha value is -4.47. The highest BCUT2D eigenvalue weighted by molar-refractivity contribution is 6.46. The number of aryl methyl sites for hydroxylation is 1. The maximum absolute atomic E-state index is 13.4. The second kappa shape index (κ2) is 13.0. The quantitative estimate of drug-likeness (QED) is 0.177. The van der Waals surface area contributed by atoms with Crippen molar-refractivity contribution in [1.29, 1.82) is 0 Å². The van der Waals surface area contributed by atoms with Crippen molar-refractivity contribution in [2.24, 2.45) is 0 Å². The Morgan fingerprint density at radius 2 is 1.64 bits per heavy atom. The number of methoxy groups -OCH3 is 1. The zero-order valence-corrected chi connectivity index (χ0v) is 23.7. The van der Waals surface area contributed by atoms with E-state index in [2.05, 4.69) is 11.0 Å². The molecule has 9 nitrogen and oxygen atoms in total. The molecule has 1 amide bonds. The first-order valence-electron chi connectivity index (χ1n) is 13.9. The van der Waals surface area contributed by atoms with Crippen LogP contribution in [-0.2, 0) is 25.7 Å². The van der Waals surface area contributed by atoms with E-state index in [1.54, 1.807) is 48.5 Å². The molecule has 2 heterocycles. The van der Waals surface area contributed by atoms with E-state index in [9.17, 15) is 19.5 Å². The molecular formula is C33H34N2O7. The number of nitrogens with zero attached hydrogens (tertiary/aromatic N) is 2. The lowest BCUT2D eigenvalue weighted by atomic mass is 9.94. The molecule has 3 aromatic rings. The van der Waals surface area contributed by atoms with Crippen molar-refractivity contribution in [3.63, 3.8) is 0 Å². The number of amides is 1. The van der Waals surface area contributed by atoms with E-state index in [1.807, 2.05) is 25.1 Å². The van der Waals surface area contributed by atoms with Crippen molar-refractivity contribution in [3.05, 3.63) is 106 Å². The van der Waals surface area contributed by atoms with Crippen molar-refractivity contribution in [1.82, 2.24) is 9.80 Å². The number of likely N-dealkylation sites (tertiary alicyclic amines) is 1. The Labute approximate surface area is 244 Å². The number of esters is 1. The van der Waals surface area contributed by atoms with Gasteiger partial charge in [0.25, 0.3) is 11.7 Å². The van der Waals surface area contributed by atoms with Gasteiger partial charge in [0.2, 0.25) is 0 Å². The van der Waals surface area contributed by atoms with Gasteiger partial charge >= 0.3 is 5.97 Å². The van der Waals surface area contributed by atoms with Crippen LogP contribution < -0.4 is 4.74 Å². The molecule has 5 rings (SSSR count). The highest BCUT2D eigenvalue weighted by Gasteiger charge is 2.46. The van der Waals surface area contributed by atoms with Crippen LogP contribution in [0, 0.1) is 6.92 Å². The third-order valence-corrected chi connectivity index (χ3v) is 7.56. The maximum atomic E-state index is 13.4. The summed E-state index contributed by atoms with van der Waals surface area (Å²) in [5, 5.41) is 11.4. The molecule has 9 heteroatoms. The van der Waals surface area contributed by atoms with Gasteiger partial charge in [-0.3, -0.25) is 14.5 Å². The summed E-state index contributed by atoms with van der Waals surface area (Å²) < 4.78 is 16.1. The van der Waals surface area contributed by atoms with E-state index < -0.39 is 23.7 Å². The largest absolute Gasteiger partial charge is 0.507 e. The van der Waals surface area contributed by atoms with Gasteiger partial charge in [-0.25, -0.2) is 4.79 Å². The van der Waals surface area contributed by atoms with Crippen molar-refractivity contribution >= 4 is 23.4 Å². The topological polar surface area (TPSA) is 106 Å². The molecule has 2 saturated heterocycles. The number of ether oxygens (including phenoxy) is 3. The number of Topliss-reactive ketones (excluding diaryl/α,β-unsaturated/α-hetero) is 1. The lowest BCUT2D eigenvalue weighted by molar-refractivity contribution is -0.140. The fourth-order valence-electron chi connectivity index (χ4n) is 5.28. The molecule has 1 atom stereocenters. The first kappa shape index (κ1) is 29.0. The van der Waals surface area contributed by atoms with Gasteiger partial charge in [-0.1, -0.05) is 42.0 Å². The zero-order valence-electron chi connectivity index (χ0n) is 23.7. The fourth-order valence-corrected chi connectivity index (χ4v) is 5.28. The van der Waals surface area contributed by atoms with Crippen molar-refractivity contribution in [2.45, 2.75) is 19.6 Å². The van der Waals surface area contributed by atoms with E-state index in [4.69, 9.17) is 14.2 Å². The molecule has 0 saturated carbocycles. The lowest BCUT2D eigenvalue weighted by Gasteiger charge is -2.31. The zero-order chi connectivity index (χ0) is 29.6. The fraction of sp³-hybridized carbons (Fsp3) is 0.303. The van der Waals surface area contributed by atoms with Gasteiger partial charge in [0.1, 0.15) is 18.1 Å². The Balaban J connectivity index is 1.43. The molecule has 218 valence electrons. The number of hydrogen-bond acceptors (Lipinski definition) is 8. The molecule has 2 fully saturated rings. The SMILES string of the molecule is COC(=O)c1ccc(C2/C(=C(\O)c3ccc(OCc4cccc(C)c4)cc3)C(=O)C(=O)N2CCN2CCOCC2)cc1. The summed E-state index contributed by atoms with van der Waals surface area (Å²) in [5.74, 6) is -1.59. The summed E-state index contributed by atoms with van der Waals surface area (Å²) in [6.07, 6.45) is 0. The predicted octanol–water partition coefficient (Wildman–Crippen LogP) is 4.11. The van der Waals surface area contributed by atoms with Gasteiger partial charge in [0.15, 0.2) is 0 Å². The molecule has 2 aliphatic rings. The number of ketones is 1. The van der Waals surface area contributed by atoms with Crippen molar-refractivity contribution < 1.29 is 33.7 Å². The summed E-state index contributed by atoms with van der Waals surface area (Å²) in [6, 6.07) is 20.5. The number of rotatable bonds is 9. The first-order valence-corrected chi connectivity index (χ1v) is 13.9. The van der Waals surface area contributed by atoms with Crippen LogP contribution in [0.25, 0.3) is 5.76 Å². The van der Waals surface area contributed by atoms with E-state index in [0.29, 0.717) is 48.8 Å². The van der Waals surface area contributed by atoms with Crippen LogP contribution in [-0.4, -0.2) is 79.1 Å². The van der Waals surface area contributed by atoms with Crippen LogP contribution >= 0.6 is 0 Å². The van der Waals surface area contributed by atoms with Gasteiger partial charge < -0.3 is 24.2 Å². The second-order valence-electron chi connectivity index (χ2n) is 10.4. The number of aliphatic hydroxyl groups is 1. The molecule has 0 radical (unpaired) electrons. The van der Waals surface area contributed by atoms with Gasteiger partial charge in [-0.05, 0) is 54.4 Å².